The number of aromatic nitrogens is 1. The smallest absolute Gasteiger partial charge is 0.185 e. The molecule has 2 aromatic heterocycles. The highest BCUT2D eigenvalue weighted by Crippen LogP contribution is 2.20. The number of carbonyl (C=O) groups excluding carboxylic acids is 1. The summed E-state index contributed by atoms with van der Waals surface area (Å²) in [4.78, 5) is 15.9. The lowest BCUT2D eigenvalue weighted by Gasteiger charge is -2.06. The molecule has 0 saturated carbocycles. The Balaban J connectivity index is 2.32. The summed E-state index contributed by atoms with van der Waals surface area (Å²) in [5.41, 5.74) is 1.28. The number of hydrogen-bond acceptors (Lipinski definition) is 4. The molecule has 2 heterocycles. The van der Waals surface area contributed by atoms with E-state index in [1.165, 1.54) is 11.3 Å². The molecular weight excluding hydrogens is 220 g/mol. The van der Waals surface area contributed by atoms with Crippen molar-refractivity contribution in [3.8, 4) is 6.07 Å². The van der Waals surface area contributed by atoms with Crippen molar-refractivity contribution in [2.75, 3.05) is 0 Å². The maximum Gasteiger partial charge on any atom is 0.185 e. The lowest BCUT2D eigenvalue weighted by molar-refractivity contribution is 0.0979. The Kier molecular flexibility index (Phi) is 3.08. The van der Waals surface area contributed by atoms with Gasteiger partial charge in [-0.3, -0.25) is 9.78 Å². The average Bonchev–Trinajstić information content (AvgIpc) is 2.85. The monoisotopic (exact) mass is 228 g/mol. The Hall–Kier alpha value is -1.99. The van der Waals surface area contributed by atoms with Gasteiger partial charge in [0.2, 0.25) is 0 Å². The van der Waals surface area contributed by atoms with Crippen LogP contribution in [0.5, 0.6) is 0 Å². The zero-order valence-electron chi connectivity index (χ0n) is 8.33. The van der Waals surface area contributed by atoms with Gasteiger partial charge in [0.05, 0.1) is 6.07 Å². The van der Waals surface area contributed by atoms with Crippen LogP contribution in [-0.2, 0) is 0 Å². The van der Waals surface area contributed by atoms with Crippen molar-refractivity contribution in [3.63, 3.8) is 0 Å². The van der Waals surface area contributed by atoms with Crippen molar-refractivity contribution in [1.82, 2.24) is 4.98 Å². The molecule has 4 heteroatoms. The second kappa shape index (κ2) is 4.69. The molecule has 0 amide bonds. The molecule has 0 aromatic carbocycles. The third-order valence-electron chi connectivity index (χ3n) is 2.24. The number of Topliss-reactive ketones (excluding diaryl/α,β-unsaturated/α-hetero) is 1. The Morgan fingerprint density at radius 3 is 2.69 bits per heavy atom. The van der Waals surface area contributed by atoms with Crippen molar-refractivity contribution >= 4 is 17.1 Å². The highest BCUT2D eigenvalue weighted by atomic mass is 32.1. The van der Waals surface area contributed by atoms with Crippen LogP contribution in [0, 0.1) is 11.3 Å². The molecule has 3 nitrogen and oxygen atoms in total. The molecule has 78 valence electrons. The molecule has 0 radical (unpaired) electrons. The first-order valence-electron chi connectivity index (χ1n) is 4.69. The Morgan fingerprint density at radius 1 is 1.38 bits per heavy atom. The fourth-order valence-electron chi connectivity index (χ4n) is 1.41. The third-order valence-corrected chi connectivity index (χ3v) is 2.92. The third kappa shape index (κ3) is 2.00. The second-order valence-corrected chi connectivity index (χ2v) is 4.00. The van der Waals surface area contributed by atoms with Gasteiger partial charge in [-0.2, -0.15) is 16.6 Å². The second-order valence-electron chi connectivity index (χ2n) is 3.22. The molecule has 2 rings (SSSR count). The molecule has 0 saturated heterocycles. The predicted molar refractivity (Wildman–Crippen MR) is 61.2 cm³/mol. The number of ketones is 1. The molecule has 1 atom stereocenters. The Labute approximate surface area is 97.0 Å². The van der Waals surface area contributed by atoms with E-state index in [2.05, 4.69) is 4.98 Å². The Bertz CT molecular complexity index is 514. The molecule has 2 aromatic rings. The average molecular weight is 228 g/mol. The number of rotatable bonds is 3. The fourth-order valence-corrected chi connectivity index (χ4v) is 2.06. The van der Waals surface area contributed by atoms with Gasteiger partial charge in [-0.1, -0.05) is 0 Å². The zero-order chi connectivity index (χ0) is 11.4. The maximum absolute atomic E-state index is 12.0. The number of nitriles is 1. The fraction of sp³-hybridized carbons (Fsp3) is 0.0833. The topological polar surface area (TPSA) is 53.8 Å². The van der Waals surface area contributed by atoms with Crippen LogP contribution in [0.15, 0.2) is 41.4 Å². The molecule has 0 bridgehead atoms. The minimum atomic E-state index is -0.738. The van der Waals surface area contributed by atoms with E-state index < -0.39 is 5.92 Å². The summed E-state index contributed by atoms with van der Waals surface area (Å²) in [6.07, 6.45) is 3.17. The van der Waals surface area contributed by atoms with Gasteiger partial charge in [-0.25, -0.2) is 0 Å². The first-order chi connectivity index (χ1) is 7.83. The molecule has 0 aliphatic carbocycles. The van der Waals surface area contributed by atoms with Gasteiger partial charge in [0.15, 0.2) is 5.78 Å². The van der Waals surface area contributed by atoms with Gasteiger partial charge in [0.1, 0.15) is 5.92 Å². The van der Waals surface area contributed by atoms with E-state index >= 15 is 0 Å². The van der Waals surface area contributed by atoms with Gasteiger partial charge in [0, 0.05) is 23.3 Å². The number of nitrogens with zero attached hydrogens (tertiary/aromatic N) is 2. The molecule has 0 aliphatic rings. The standard InChI is InChI=1S/C12H8N2OS/c13-7-11(9-1-4-14-5-2-9)12(15)10-3-6-16-8-10/h1-6,8,11H. The number of carbonyl (C=O) groups is 1. The van der Waals surface area contributed by atoms with Crippen LogP contribution < -0.4 is 0 Å². The maximum atomic E-state index is 12.0. The summed E-state index contributed by atoms with van der Waals surface area (Å²) in [5, 5.41) is 12.6. The SMILES string of the molecule is N#CC(C(=O)c1ccsc1)c1ccncc1. The van der Waals surface area contributed by atoms with E-state index in [-0.39, 0.29) is 5.78 Å². The predicted octanol–water partition coefficient (Wildman–Crippen LogP) is 2.63. The number of hydrogen-bond donors (Lipinski definition) is 0. The van der Waals surface area contributed by atoms with Gasteiger partial charge in [-0.05, 0) is 29.1 Å². The Morgan fingerprint density at radius 2 is 2.12 bits per heavy atom. The van der Waals surface area contributed by atoms with Gasteiger partial charge in [-0.15, -0.1) is 0 Å². The first kappa shape index (κ1) is 10.5. The molecule has 0 fully saturated rings. The molecule has 1 unspecified atom stereocenters. The summed E-state index contributed by atoms with van der Waals surface area (Å²) in [6.45, 7) is 0. The summed E-state index contributed by atoms with van der Waals surface area (Å²) in [7, 11) is 0. The van der Waals surface area contributed by atoms with Crippen LogP contribution in [0.3, 0.4) is 0 Å². The van der Waals surface area contributed by atoms with E-state index in [1.54, 1.807) is 36.0 Å². The summed E-state index contributed by atoms with van der Waals surface area (Å²) in [6, 6.07) is 7.15. The zero-order valence-corrected chi connectivity index (χ0v) is 9.15. The molecule has 0 spiro atoms. The lowest BCUT2D eigenvalue weighted by atomic mass is 9.94. The van der Waals surface area contributed by atoms with Gasteiger partial charge >= 0.3 is 0 Å². The summed E-state index contributed by atoms with van der Waals surface area (Å²) in [5.74, 6) is -0.896. The molecular formula is C12H8N2OS. The van der Waals surface area contributed by atoms with E-state index in [0.29, 0.717) is 11.1 Å². The quantitative estimate of drug-likeness (QED) is 0.759. The minimum absolute atomic E-state index is 0.157. The van der Waals surface area contributed by atoms with Crippen LogP contribution in [-0.4, -0.2) is 10.8 Å². The highest BCUT2D eigenvalue weighted by molar-refractivity contribution is 7.08. The van der Waals surface area contributed by atoms with Crippen molar-refractivity contribution < 1.29 is 4.79 Å². The minimum Gasteiger partial charge on any atom is -0.292 e. The van der Waals surface area contributed by atoms with Crippen LogP contribution in [0.2, 0.25) is 0 Å². The van der Waals surface area contributed by atoms with Crippen molar-refractivity contribution in [3.05, 3.63) is 52.5 Å². The first-order valence-corrected chi connectivity index (χ1v) is 5.63. The molecule has 0 N–H and O–H groups in total. The van der Waals surface area contributed by atoms with Crippen molar-refractivity contribution in [2.45, 2.75) is 5.92 Å². The summed E-state index contributed by atoms with van der Waals surface area (Å²) < 4.78 is 0. The van der Waals surface area contributed by atoms with E-state index in [0.717, 1.165) is 0 Å². The largest absolute Gasteiger partial charge is 0.292 e. The van der Waals surface area contributed by atoms with Crippen LogP contribution in [0.25, 0.3) is 0 Å². The number of pyridine rings is 1. The van der Waals surface area contributed by atoms with E-state index in [1.807, 2.05) is 11.4 Å². The van der Waals surface area contributed by atoms with Crippen molar-refractivity contribution in [1.29, 1.82) is 5.26 Å². The molecule has 16 heavy (non-hydrogen) atoms. The van der Waals surface area contributed by atoms with Gasteiger partial charge in [0.25, 0.3) is 0 Å². The van der Waals surface area contributed by atoms with Crippen molar-refractivity contribution in [2.24, 2.45) is 0 Å². The van der Waals surface area contributed by atoms with Crippen LogP contribution in [0.4, 0.5) is 0 Å². The summed E-state index contributed by atoms with van der Waals surface area (Å²) >= 11 is 1.45. The normalized spacial score (nSPS) is 11.7. The van der Waals surface area contributed by atoms with Crippen LogP contribution >= 0.6 is 11.3 Å². The van der Waals surface area contributed by atoms with Gasteiger partial charge < -0.3 is 0 Å². The van der Waals surface area contributed by atoms with E-state index in [9.17, 15) is 4.79 Å². The lowest BCUT2D eigenvalue weighted by Crippen LogP contribution is -2.10. The van der Waals surface area contributed by atoms with Crippen LogP contribution in [0.1, 0.15) is 21.8 Å². The molecule has 0 aliphatic heterocycles. The number of thiophene rings is 1. The highest BCUT2D eigenvalue weighted by Gasteiger charge is 2.21. The van der Waals surface area contributed by atoms with E-state index in [4.69, 9.17) is 5.26 Å².